The molecule has 28 heavy (non-hydrogen) atoms. The van der Waals surface area contributed by atoms with Gasteiger partial charge in [-0.1, -0.05) is 6.07 Å². The zero-order valence-corrected chi connectivity index (χ0v) is 18.1. The number of amides is 1. The Hall–Kier alpha value is -1.67. The van der Waals surface area contributed by atoms with Gasteiger partial charge in [0.1, 0.15) is 11.9 Å². The molecule has 0 aliphatic carbocycles. The van der Waals surface area contributed by atoms with Crippen molar-refractivity contribution in [2.24, 2.45) is 0 Å². The molecule has 0 unspecified atom stereocenters. The van der Waals surface area contributed by atoms with E-state index in [2.05, 4.69) is 32.5 Å². The highest BCUT2D eigenvalue weighted by atomic mass is 127. The van der Waals surface area contributed by atoms with Gasteiger partial charge in [-0.15, -0.1) is 0 Å². The van der Waals surface area contributed by atoms with Crippen molar-refractivity contribution in [2.75, 3.05) is 26.2 Å². The summed E-state index contributed by atoms with van der Waals surface area (Å²) in [7, 11) is 0. The molecule has 2 saturated heterocycles. The SMILES string of the molecule is O=C(c1cccc(I)c1)N1CCC(N2CCC(Oc3ccncc3)CC2)CC1. The lowest BCUT2D eigenvalue weighted by Crippen LogP contribution is -2.50. The van der Waals surface area contributed by atoms with Crippen molar-refractivity contribution in [3.8, 4) is 5.75 Å². The van der Waals surface area contributed by atoms with Crippen molar-refractivity contribution in [1.29, 1.82) is 0 Å². The fraction of sp³-hybridized carbons (Fsp3) is 0.455. The Balaban J connectivity index is 1.24. The van der Waals surface area contributed by atoms with E-state index in [0.29, 0.717) is 12.1 Å². The van der Waals surface area contributed by atoms with Gasteiger partial charge < -0.3 is 9.64 Å². The van der Waals surface area contributed by atoms with Gasteiger partial charge in [0.2, 0.25) is 0 Å². The van der Waals surface area contributed by atoms with Crippen molar-refractivity contribution < 1.29 is 9.53 Å². The summed E-state index contributed by atoms with van der Waals surface area (Å²) in [6.07, 6.45) is 8.08. The zero-order valence-electron chi connectivity index (χ0n) is 16.0. The summed E-state index contributed by atoms with van der Waals surface area (Å²) in [5.74, 6) is 1.08. The molecule has 0 radical (unpaired) electrons. The first-order valence-electron chi connectivity index (χ1n) is 10.0. The van der Waals surface area contributed by atoms with Gasteiger partial charge in [0.05, 0.1) is 0 Å². The second-order valence-corrected chi connectivity index (χ2v) is 8.82. The minimum Gasteiger partial charge on any atom is -0.490 e. The van der Waals surface area contributed by atoms with Gasteiger partial charge >= 0.3 is 0 Å². The van der Waals surface area contributed by atoms with Crippen molar-refractivity contribution in [2.45, 2.75) is 37.8 Å². The quantitative estimate of drug-likeness (QED) is 0.611. The maximum atomic E-state index is 12.7. The number of piperidine rings is 2. The average Bonchev–Trinajstić information content (AvgIpc) is 2.75. The smallest absolute Gasteiger partial charge is 0.253 e. The number of likely N-dealkylation sites (tertiary alicyclic amines) is 2. The van der Waals surface area contributed by atoms with E-state index in [0.717, 1.165) is 66.7 Å². The number of benzene rings is 1. The minimum absolute atomic E-state index is 0.168. The maximum absolute atomic E-state index is 12.7. The second kappa shape index (κ2) is 9.22. The van der Waals surface area contributed by atoms with Gasteiger partial charge in [-0.25, -0.2) is 0 Å². The van der Waals surface area contributed by atoms with Crippen LogP contribution in [0.1, 0.15) is 36.0 Å². The minimum atomic E-state index is 0.168. The molecule has 5 nitrogen and oxygen atoms in total. The molecule has 4 rings (SSSR count). The molecule has 148 valence electrons. The molecule has 3 heterocycles. The molecular formula is C22H26IN3O2. The molecule has 2 aromatic rings. The van der Waals surface area contributed by atoms with Gasteiger partial charge in [0, 0.05) is 53.7 Å². The topological polar surface area (TPSA) is 45.7 Å². The van der Waals surface area contributed by atoms with Crippen LogP contribution in [0.4, 0.5) is 0 Å². The fourth-order valence-electron chi connectivity index (χ4n) is 4.21. The summed E-state index contributed by atoms with van der Waals surface area (Å²) in [6.45, 7) is 3.85. The Morgan fingerprint density at radius 2 is 1.71 bits per heavy atom. The standard InChI is InChI=1S/C22H26IN3O2/c23-18-3-1-2-17(16-18)22(27)26-12-6-19(7-13-26)25-14-8-21(9-15-25)28-20-4-10-24-11-5-20/h1-5,10-11,16,19,21H,6-9,12-15H2. The first-order chi connectivity index (χ1) is 13.7. The van der Waals surface area contributed by atoms with Crippen molar-refractivity contribution in [3.63, 3.8) is 0 Å². The van der Waals surface area contributed by atoms with Gasteiger partial charge in [-0.2, -0.15) is 0 Å². The lowest BCUT2D eigenvalue weighted by Gasteiger charge is -2.41. The summed E-state index contributed by atoms with van der Waals surface area (Å²) < 4.78 is 7.18. The highest BCUT2D eigenvalue weighted by Crippen LogP contribution is 2.24. The number of nitrogens with zero attached hydrogens (tertiary/aromatic N) is 3. The number of halogens is 1. The van der Waals surface area contributed by atoms with Crippen molar-refractivity contribution in [1.82, 2.24) is 14.8 Å². The molecule has 1 aromatic heterocycles. The number of pyridine rings is 1. The van der Waals surface area contributed by atoms with E-state index in [-0.39, 0.29) is 5.91 Å². The van der Waals surface area contributed by atoms with Crippen LogP contribution in [-0.4, -0.2) is 59.0 Å². The number of hydrogen-bond acceptors (Lipinski definition) is 4. The van der Waals surface area contributed by atoms with Gasteiger partial charge in [0.15, 0.2) is 0 Å². The largest absolute Gasteiger partial charge is 0.490 e. The van der Waals surface area contributed by atoms with E-state index in [1.54, 1.807) is 12.4 Å². The van der Waals surface area contributed by atoms with E-state index >= 15 is 0 Å². The second-order valence-electron chi connectivity index (χ2n) is 7.57. The van der Waals surface area contributed by atoms with Gasteiger partial charge in [0.25, 0.3) is 5.91 Å². The average molecular weight is 491 g/mol. The Morgan fingerprint density at radius 1 is 1.00 bits per heavy atom. The predicted octanol–water partition coefficient (Wildman–Crippen LogP) is 3.83. The van der Waals surface area contributed by atoms with Crippen LogP contribution in [0.2, 0.25) is 0 Å². The highest BCUT2D eigenvalue weighted by Gasteiger charge is 2.30. The summed E-state index contributed by atoms with van der Waals surface area (Å²) in [6, 6.07) is 12.3. The number of carbonyl (C=O) groups is 1. The van der Waals surface area contributed by atoms with E-state index in [1.165, 1.54) is 0 Å². The summed E-state index contributed by atoms with van der Waals surface area (Å²) in [5.41, 5.74) is 0.805. The molecule has 0 bridgehead atoms. The number of carbonyl (C=O) groups excluding carboxylic acids is 1. The van der Waals surface area contributed by atoms with Crippen LogP contribution in [0.25, 0.3) is 0 Å². The normalized spacial score (nSPS) is 19.5. The number of aromatic nitrogens is 1. The monoisotopic (exact) mass is 491 g/mol. The summed E-state index contributed by atoms with van der Waals surface area (Å²) in [5, 5.41) is 0. The van der Waals surface area contributed by atoms with Gasteiger partial charge in [-0.3, -0.25) is 14.7 Å². The Bertz CT molecular complexity index is 785. The summed E-state index contributed by atoms with van der Waals surface area (Å²) in [4.78, 5) is 21.4. The van der Waals surface area contributed by atoms with E-state index < -0.39 is 0 Å². The molecule has 0 saturated carbocycles. The molecule has 2 fully saturated rings. The number of ether oxygens (including phenoxy) is 1. The lowest BCUT2D eigenvalue weighted by molar-refractivity contribution is 0.0425. The Morgan fingerprint density at radius 3 is 2.39 bits per heavy atom. The molecule has 6 heteroatoms. The van der Waals surface area contributed by atoms with E-state index in [1.807, 2.05) is 41.3 Å². The van der Waals surface area contributed by atoms with Gasteiger partial charge in [-0.05, 0) is 78.6 Å². The Labute approximate surface area is 180 Å². The summed E-state index contributed by atoms with van der Waals surface area (Å²) >= 11 is 2.26. The highest BCUT2D eigenvalue weighted by molar-refractivity contribution is 14.1. The third-order valence-electron chi connectivity index (χ3n) is 5.77. The third-order valence-corrected chi connectivity index (χ3v) is 6.44. The van der Waals surface area contributed by atoms with E-state index in [9.17, 15) is 4.79 Å². The molecule has 0 spiro atoms. The van der Waals surface area contributed by atoms with Crippen LogP contribution in [0, 0.1) is 3.57 Å². The van der Waals surface area contributed by atoms with Crippen molar-refractivity contribution >= 4 is 28.5 Å². The fourth-order valence-corrected chi connectivity index (χ4v) is 4.75. The third kappa shape index (κ3) is 4.84. The molecule has 0 N–H and O–H groups in total. The molecule has 2 aliphatic rings. The number of rotatable bonds is 4. The molecular weight excluding hydrogens is 465 g/mol. The molecule has 0 atom stereocenters. The van der Waals surface area contributed by atoms with Crippen molar-refractivity contribution in [3.05, 3.63) is 57.9 Å². The molecule has 2 aliphatic heterocycles. The first-order valence-corrected chi connectivity index (χ1v) is 11.1. The first kappa shape index (κ1) is 19.6. The van der Waals surface area contributed by atoms with Crippen LogP contribution in [0.5, 0.6) is 5.75 Å². The van der Waals surface area contributed by atoms with Crippen LogP contribution < -0.4 is 4.74 Å². The van der Waals surface area contributed by atoms with Crippen LogP contribution >= 0.6 is 22.6 Å². The molecule has 1 amide bonds. The van der Waals surface area contributed by atoms with Crippen LogP contribution in [0.15, 0.2) is 48.8 Å². The predicted molar refractivity (Wildman–Crippen MR) is 118 cm³/mol. The number of hydrogen-bond donors (Lipinski definition) is 0. The van der Waals surface area contributed by atoms with Crippen LogP contribution in [-0.2, 0) is 0 Å². The Kier molecular flexibility index (Phi) is 6.47. The van der Waals surface area contributed by atoms with E-state index in [4.69, 9.17) is 4.74 Å². The maximum Gasteiger partial charge on any atom is 0.253 e. The lowest BCUT2D eigenvalue weighted by atomic mass is 9.98. The molecule has 1 aromatic carbocycles. The zero-order chi connectivity index (χ0) is 19.3. The van der Waals surface area contributed by atoms with Crippen LogP contribution in [0.3, 0.4) is 0 Å².